The summed E-state index contributed by atoms with van der Waals surface area (Å²) in [5.41, 5.74) is 1.09. The van der Waals surface area contributed by atoms with Gasteiger partial charge in [0.05, 0.1) is 24.9 Å². The zero-order valence-corrected chi connectivity index (χ0v) is 14.0. The number of ketones is 1. The smallest absolute Gasteiger partial charge is 0.232 e. The molecule has 0 spiro atoms. The van der Waals surface area contributed by atoms with E-state index in [2.05, 4.69) is 0 Å². The highest BCUT2D eigenvalue weighted by atomic mass is 16.5. The molecule has 4 rings (SSSR count). The maximum absolute atomic E-state index is 12.6. The fourth-order valence-corrected chi connectivity index (χ4v) is 3.61. The van der Waals surface area contributed by atoms with Crippen LogP contribution in [0.2, 0.25) is 0 Å². The predicted molar refractivity (Wildman–Crippen MR) is 90.4 cm³/mol. The lowest BCUT2D eigenvalue weighted by atomic mass is 10.0. The molecule has 0 unspecified atom stereocenters. The SMILES string of the molecule is O=C1C(=Cc2ccco2)Oc2c1ccc([O-])c2C[NH+]1CCCCCC1. The number of carbonyl (C=O) groups excluding carboxylic acids is 1. The quantitative estimate of drug-likeness (QED) is 0.868. The van der Waals surface area contributed by atoms with Crippen LogP contribution in [0.15, 0.2) is 40.7 Å². The number of hydrogen-bond donors (Lipinski definition) is 1. The number of nitrogens with one attached hydrogen (secondary N) is 1. The number of furan rings is 1. The van der Waals surface area contributed by atoms with Crippen molar-refractivity contribution in [1.82, 2.24) is 0 Å². The number of allylic oxidation sites excluding steroid dienone is 1. The van der Waals surface area contributed by atoms with Crippen LogP contribution in [-0.4, -0.2) is 18.9 Å². The molecule has 2 aliphatic rings. The Labute approximate surface area is 146 Å². The summed E-state index contributed by atoms with van der Waals surface area (Å²) in [5.74, 6) is 0.953. The number of carbonyl (C=O) groups is 1. The molecule has 1 aromatic carbocycles. The van der Waals surface area contributed by atoms with Crippen LogP contribution >= 0.6 is 0 Å². The van der Waals surface area contributed by atoms with Crippen molar-refractivity contribution >= 4 is 11.9 Å². The lowest BCUT2D eigenvalue weighted by Gasteiger charge is -2.22. The first kappa shape index (κ1) is 16.0. The van der Waals surface area contributed by atoms with Gasteiger partial charge in [0.15, 0.2) is 5.76 Å². The summed E-state index contributed by atoms with van der Waals surface area (Å²) in [6, 6.07) is 6.57. The largest absolute Gasteiger partial charge is 0.872 e. The van der Waals surface area contributed by atoms with Crippen LogP contribution < -0.4 is 14.7 Å². The number of fused-ring (bicyclic) bond motifs is 1. The third-order valence-electron chi connectivity index (χ3n) is 4.95. The van der Waals surface area contributed by atoms with Crippen LogP contribution in [0, 0.1) is 0 Å². The van der Waals surface area contributed by atoms with Crippen molar-refractivity contribution < 1.29 is 24.0 Å². The molecule has 5 heteroatoms. The topological polar surface area (TPSA) is 66.9 Å². The first-order valence-corrected chi connectivity index (χ1v) is 8.86. The van der Waals surface area contributed by atoms with E-state index in [1.165, 1.54) is 36.6 Å². The first-order chi connectivity index (χ1) is 12.2. The summed E-state index contributed by atoms with van der Waals surface area (Å²) in [7, 11) is 0. The Morgan fingerprint density at radius 3 is 2.64 bits per heavy atom. The van der Waals surface area contributed by atoms with E-state index in [0.29, 0.717) is 29.2 Å². The summed E-state index contributed by atoms with van der Waals surface area (Å²) >= 11 is 0. The Kier molecular flexibility index (Phi) is 4.32. The average molecular weight is 339 g/mol. The van der Waals surface area contributed by atoms with E-state index < -0.39 is 0 Å². The monoisotopic (exact) mass is 339 g/mol. The van der Waals surface area contributed by atoms with Gasteiger partial charge in [-0.3, -0.25) is 4.79 Å². The highest BCUT2D eigenvalue weighted by molar-refractivity contribution is 6.14. The molecule has 2 aliphatic heterocycles. The Bertz CT molecular complexity index is 799. The minimum Gasteiger partial charge on any atom is -0.872 e. The van der Waals surface area contributed by atoms with Crippen LogP contribution in [0.4, 0.5) is 0 Å². The summed E-state index contributed by atoms with van der Waals surface area (Å²) in [4.78, 5) is 14.0. The van der Waals surface area contributed by atoms with Gasteiger partial charge in [-0.2, -0.15) is 0 Å². The van der Waals surface area contributed by atoms with Crippen LogP contribution in [-0.2, 0) is 6.54 Å². The van der Waals surface area contributed by atoms with Gasteiger partial charge in [0.1, 0.15) is 18.1 Å². The molecule has 1 N–H and O–H groups in total. The summed E-state index contributed by atoms with van der Waals surface area (Å²) in [5, 5.41) is 12.4. The van der Waals surface area contributed by atoms with Crippen molar-refractivity contribution in [3.8, 4) is 11.5 Å². The van der Waals surface area contributed by atoms with Gasteiger partial charge in [0.25, 0.3) is 0 Å². The molecule has 2 aromatic rings. The van der Waals surface area contributed by atoms with Crippen molar-refractivity contribution in [1.29, 1.82) is 0 Å². The maximum Gasteiger partial charge on any atom is 0.232 e. The molecule has 1 saturated heterocycles. The second-order valence-corrected chi connectivity index (χ2v) is 6.72. The lowest BCUT2D eigenvalue weighted by molar-refractivity contribution is -0.913. The fourth-order valence-electron chi connectivity index (χ4n) is 3.61. The highest BCUT2D eigenvalue weighted by Crippen LogP contribution is 2.38. The van der Waals surface area contributed by atoms with Gasteiger partial charge < -0.3 is 19.2 Å². The number of quaternary nitrogens is 1. The molecule has 1 fully saturated rings. The number of hydrogen-bond acceptors (Lipinski definition) is 4. The number of ether oxygens (including phenoxy) is 1. The molecular formula is C20H21NO4. The van der Waals surface area contributed by atoms with E-state index in [0.717, 1.165) is 13.1 Å². The minimum atomic E-state index is -0.196. The van der Waals surface area contributed by atoms with Crippen LogP contribution in [0.25, 0.3) is 6.08 Å². The van der Waals surface area contributed by atoms with Gasteiger partial charge in [-0.05, 0) is 43.9 Å². The van der Waals surface area contributed by atoms with Crippen molar-refractivity contribution in [2.75, 3.05) is 13.1 Å². The van der Waals surface area contributed by atoms with Crippen molar-refractivity contribution in [3.63, 3.8) is 0 Å². The van der Waals surface area contributed by atoms with Gasteiger partial charge in [0, 0.05) is 11.6 Å². The molecule has 3 heterocycles. The Hall–Kier alpha value is -2.53. The van der Waals surface area contributed by atoms with Crippen LogP contribution in [0.1, 0.15) is 47.4 Å². The van der Waals surface area contributed by atoms with Gasteiger partial charge in [-0.15, -0.1) is 0 Å². The maximum atomic E-state index is 12.6. The average Bonchev–Trinajstić information content (AvgIpc) is 3.13. The Morgan fingerprint density at radius 1 is 1.12 bits per heavy atom. The summed E-state index contributed by atoms with van der Waals surface area (Å²) in [6.07, 6.45) is 8.00. The second kappa shape index (κ2) is 6.76. The molecule has 0 atom stereocenters. The van der Waals surface area contributed by atoms with Gasteiger partial charge in [-0.25, -0.2) is 0 Å². The predicted octanol–water partition coefficient (Wildman–Crippen LogP) is 1.93. The molecule has 0 bridgehead atoms. The molecule has 5 nitrogen and oxygen atoms in total. The second-order valence-electron chi connectivity index (χ2n) is 6.72. The van der Waals surface area contributed by atoms with Gasteiger partial charge >= 0.3 is 0 Å². The minimum absolute atomic E-state index is 0.0532. The zero-order valence-electron chi connectivity index (χ0n) is 14.0. The highest BCUT2D eigenvalue weighted by Gasteiger charge is 2.31. The summed E-state index contributed by atoms with van der Waals surface area (Å²) in [6.45, 7) is 2.74. The third-order valence-corrected chi connectivity index (χ3v) is 4.95. The molecule has 0 radical (unpaired) electrons. The standard InChI is InChI=1S/C20H21NO4/c22-17-8-7-15-19(23)18(12-14-6-5-11-24-14)25-20(15)16(17)13-21-9-3-1-2-4-10-21/h5-8,11-12,22H,1-4,9-10,13H2. The van der Waals surface area contributed by atoms with Crippen molar-refractivity contribution in [2.45, 2.75) is 32.2 Å². The molecular weight excluding hydrogens is 318 g/mol. The normalized spacial score (nSPS) is 19.7. The fraction of sp³-hybridized carbons (Fsp3) is 0.350. The number of likely N-dealkylation sites (tertiary alicyclic amines) is 1. The van der Waals surface area contributed by atoms with E-state index in [1.54, 1.807) is 30.5 Å². The van der Waals surface area contributed by atoms with Crippen molar-refractivity contribution in [2.24, 2.45) is 0 Å². The van der Waals surface area contributed by atoms with Crippen LogP contribution in [0.3, 0.4) is 0 Å². The van der Waals surface area contributed by atoms with E-state index in [4.69, 9.17) is 9.15 Å². The molecule has 1 aromatic heterocycles. The zero-order chi connectivity index (χ0) is 17.2. The van der Waals surface area contributed by atoms with E-state index >= 15 is 0 Å². The number of rotatable bonds is 3. The van der Waals surface area contributed by atoms with E-state index in [-0.39, 0.29) is 17.3 Å². The summed E-state index contributed by atoms with van der Waals surface area (Å²) < 4.78 is 11.1. The molecule has 0 aliphatic carbocycles. The lowest BCUT2D eigenvalue weighted by Crippen LogP contribution is -3.10. The van der Waals surface area contributed by atoms with E-state index in [9.17, 15) is 9.90 Å². The number of Topliss-reactive ketones (excluding diaryl/α,β-unsaturated/α-hetero) is 1. The van der Waals surface area contributed by atoms with Gasteiger partial charge in [-0.1, -0.05) is 11.8 Å². The molecule has 0 amide bonds. The molecule has 130 valence electrons. The molecule has 25 heavy (non-hydrogen) atoms. The molecule has 0 saturated carbocycles. The van der Waals surface area contributed by atoms with Crippen molar-refractivity contribution in [3.05, 3.63) is 53.2 Å². The van der Waals surface area contributed by atoms with Crippen LogP contribution in [0.5, 0.6) is 11.5 Å². The first-order valence-electron chi connectivity index (χ1n) is 8.86. The number of benzene rings is 1. The van der Waals surface area contributed by atoms with Gasteiger partial charge in [0.2, 0.25) is 5.78 Å². The third kappa shape index (κ3) is 3.20. The van der Waals surface area contributed by atoms with E-state index in [1.807, 2.05) is 0 Å². The Balaban J connectivity index is 1.64. The Morgan fingerprint density at radius 2 is 1.92 bits per heavy atom.